The number of hydrogen-bond acceptors (Lipinski definition) is 6. The Morgan fingerprint density at radius 2 is 1.78 bits per heavy atom. The molecule has 4 rings (SSSR count). The summed E-state index contributed by atoms with van der Waals surface area (Å²) < 4.78 is 12.9. The van der Waals surface area contributed by atoms with Crippen molar-refractivity contribution in [2.45, 2.75) is 13.5 Å². The predicted octanol–water partition coefficient (Wildman–Crippen LogP) is 6.84. The number of ether oxygens (including phenoxy) is 2. The van der Waals surface area contributed by atoms with Crippen molar-refractivity contribution in [1.29, 1.82) is 0 Å². The highest BCUT2D eigenvalue weighted by atomic mass is 127. The first kappa shape index (κ1) is 22.3. The molecule has 162 valence electrons. The summed E-state index contributed by atoms with van der Waals surface area (Å²) in [4.78, 5) is 4.59. The van der Waals surface area contributed by atoms with Crippen LogP contribution in [0.2, 0.25) is 0 Å². The molecular weight excluding hydrogens is 533 g/mol. The van der Waals surface area contributed by atoms with Gasteiger partial charge < -0.3 is 9.47 Å². The smallest absolute Gasteiger partial charge is 0.203 e. The Hall–Kier alpha value is -2.91. The molecule has 32 heavy (non-hydrogen) atoms. The van der Waals surface area contributed by atoms with E-state index in [2.05, 4.69) is 38.1 Å². The van der Waals surface area contributed by atoms with Gasteiger partial charge in [0.15, 0.2) is 11.5 Å². The van der Waals surface area contributed by atoms with Crippen LogP contribution in [0.25, 0.3) is 11.3 Å². The van der Waals surface area contributed by atoms with Crippen LogP contribution >= 0.6 is 33.9 Å². The van der Waals surface area contributed by atoms with Crippen molar-refractivity contribution in [2.75, 3.05) is 12.0 Å². The average Bonchev–Trinajstić information content (AvgIpc) is 3.29. The fourth-order valence-electron chi connectivity index (χ4n) is 3.02. The molecule has 1 aromatic heterocycles. The molecule has 7 heteroatoms. The molecule has 0 bridgehead atoms. The molecule has 0 aliphatic rings. The van der Waals surface area contributed by atoms with E-state index in [1.54, 1.807) is 6.21 Å². The van der Waals surface area contributed by atoms with Crippen molar-refractivity contribution >= 4 is 45.3 Å². The van der Waals surface area contributed by atoms with Gasteiger partial charge in [-0.3, -0.25) is 5.43 Å². The van der Waals surface area contributed by atoms with Crippen LogP contribution < -0.4 is 14.9 Å². The van der Waals surface area contributed by atoms with E-state index in [0.717, 1.165) is 36.8 Å². The highest BCUT2D eigenvalue weighted by Gasteiger charge is 2.12. The molecule has 5 nitrogen and oxygen atoms in total. The monoisotopic (exact) mass is 555 g/mol. The Balaban J connectivity index is 1.45. The summed E-state index contributed by atoms with van der Waals surface area (Å²) in [6.45, 7) is 3.00. The second kappa shape index (κ2) is 11.1. The van der Waals surface area contributed by atoms with Crippen molar-refractivity contribution in [3.63, 3.8) is 0 Å². The second-order valence-corrected chi connectivity index (χ2v) is 8.83. The quantitative estimate of drug-likeness (QED) is 0.140. The normalized spacial score (nSPS) is 10.9. The van der Waals surface area contributed by atoms with E-state index < -0.39 is 0 Å². The van der Waals surface area contributed by atoms with Gasteiger partial charge in [-0.15, -0.1) is 11.3 Å². The molecule has 3 aromatic carbocycles. The van der Waals surface area contributed by atoms with E-state index in [9.17, 15) is 0 Å². The third kappa shape index (κ3) is 5.86. The molecule has 0 fully saturated rings. The number of hydrazone groups is 1. The summed E-state index contributed by atoms with van der Waals surface area (Å²) in [5.41, 5.74) is 7.06. The largest absolute Gasteiger partial charge is 0.490 e. The fraction of sp³-hybridized carbons (Fsp3) is 0.120. The van der Waals surface area contributed by atoms with Crippen LogP contribution in [-0.4, -0.2) is 17.8 Å². The number of thiazole rings is 1. The van der Waals surface area contributed by atoms with Gasteiger partial charge in [-0.1, -0.05) is 60.7 Å². The van der Waals surface area contributed by atoms with Crippen molar-refractivity contribution < 1.29 is 9.47 Å². The molecule has 1 N–H and O–H groups in total. The summed E-state index contributed by atoms with van der Waals surface area (Å²) in [5, 5.41) is 7.11. The fourth-order valence-corrected chi connectivity index (χ4v) is 4.47. The van der Waals surface area contributed by atoms with Gasteiger partial charge in [-0.2, -0.15) is 5.10 Å². The lowest BCUT2D eigenvalue weighted by Gasteiger charge is -2.14. The minimum absolute atomic E-state index is 0.486. The molecule has 0 aliphatic carbocycles. The summed E-state index contributed by atoms with van der Waals surface area (Å²) >= 11 is 3.79. The lowest BCUT2D eigenvalue weighted by atomic mass is 10.2. The highest BCUT2D eigenvalue weighted by molar-refractivity contribution is 14.1. The predicted molar refractivity (Wildman–Crippen MR) is 140 cm³/mol. The van der Waals surface area contributed by atoms with E-state index in [1.165, 1.54) is 11.3 Å². The molecule has 1 heterocycles. The lowest BCUT2D eigenvalue weighted by Crippen LogP contribution is -2.02. The minimum atomic E-state index is 0.486. The molecule has 0 aliphatic heterocycles. The first-order chi connectivity index (χ1) is 15.7. The second-order valence-electron chi connectivity index (χ2n) is 6.81. The van der Waals surface area contributed by atoms with Crippen LogP contribution in [0.1, 0.15) is 18.1 Å². The zero-order valence-electron chi connectivity index (χ0n) is 17.5. The third-order valence-corrected chi connectivity index (χ3v) is 6.05. The number of anilines is 1. The number of nitrogens with zero attached hydrogens (tertiary/aromatic N) is 2. The Kier molecular flexibility index (Phi) is 7.73. The molecule has 0 unspecified atom stereocenters. The highest BCUT2D eigenvalue weighted by Crippen LogP contribution is 2.34. The van der Waals surface area contributed by atoms with Gasteiger partial charge in [0.1, 0.15) is 6.61 Å². The summed E-state index contributed by atoms with van der Waals surface area (Å²) in [6.07, 6.45) is 1.76. The molecule has 0 spiro atoms. The maximum absolute atomic E-state index is 6.08. The van der Waals surface area contributed by atoms with Gasteiger partial charge in [-0.05, 0) is 52.8 Å². The first-order valence-electron chi connectivity index (χ1n) is 10.2. The number of nitrogens with one attached hydrogen (secondary N) is 1. The maximum atomic E-state index is 6.08. The molecule has 0 radical (unpaired) electrons. The number of benzene rings is 3. The van der Waals surface area contributed by atoms with Crippen molar-refractivity contribution in [1.82, 2.24) is 4.98 Å². The van der Waals surface area contributed by atoms with Gasteiger partial charge in [0.05, 0.1) is 22.1 Å². The lowest BCUT2D eigenvalue weighted by molar-refractivity contribution is 0.267. The Morgan fingerprint density at radius 3 is 2.53 bits per heavy atom. The SMILES string of the molecule is CCOc1cc(C=NNc2nc(-c3ccccc3)cs2)cc(I)c1OCc1ccccc1. The van der Waals surface area contributed by atoms with Crippen molar-refractivity contribution in [3.8, 4) is 22.8 Å². The third-order valence-electron chi connectivity index (χ3n) is 4.51. The molecule has 0 atom stereocenters. The maximum Gasteiger partial charge on any atom is 0.203 e. The average molecular weight is 555 g/mol. The van der Waals surface area contributed by atoms with Gasteiger partial charge in [0.2, 0.25) is 5.13 Å². The van der Waals surface area contributed by atoms with E-state index in [4.69, 9.17) is 9.47 Å². The van der Waals surface area contributed by atoms with Gasteiger partial charge >= 0.3 is 0 Å². The molecular formula is C25H22IN3O2S. The van der Waals surface area contributed by atoms with Crippen molar-refractivity contribution in [3.05, 3.63) is 92.9 Å². The number of halogens is 1. The van der Waals surface area contributed by atoms with Gasteiger partial charge in [0.25, 0.3) is 0 Å². The topological polar surface area (TPSA) is 55.7 Å². The van der Waals surface area contributed by atoms with E-state index in [-0.39, 0.29) is 0 Å². The van der Waals surface area contributed by atoms with E-state index >= 15 is 0 Å². The molecule has 0 amide bonds. The van der Waals surface area contributed by atoms with Crippen molar-refractivity contribution in [2.24, 2.45) is 5.10 Å². The standard InChI is InChI=1S/C25H22IN3O2S/c1-2-30-23-14-19(13-21(26)24(23)31-16-18-9-5-3-6-10-18)15-27-29-25-28-22(17-32-25)20-11-7-4-8-12-20/h3-15,17H,2,16H2,1H3,(H,28,29). The van der Waals surface area contributed by atoms with Gasteiger partial charge in [0, 0.05) is 10.9 Å². The van der Waals surface area contributed by atoms with Crippen LogP contribution in [0.3, 0.4) is 0 Å². The molecule has 0 saturated carbocycles. The zero-order valence-corrected chi connectivity index (χ0v) is 20.5. The van der Waals surface area contributed by atoms with Gasteiger partial charge in [-0.25, -0.2) is 4.98 Å². The number of rotatable bonds is 9. The summed E-state index contributed by atoms with van der Waals surface area (Å²) in [6, 6.07) is 24.1. The molecule has 4 aromatic rings. The number of aromatic nitrogens is 1. The van der Waals surface area contributed by atoms with Crippen LogP contribution in [0, 0.1) is 3.57 Å². The van der Waals surface area contributed by atoms with Crippen LogP contribution in [-0.2, 0) is 6.61 Å². The molecule has 0 saturated heterocycles. The Bertz CT molecular complexity index is 1180. The first-order valence-corrected chi connectivity index (χ1v) is 12.1. The zero-order chi connectivity index (χ0) is 22.2. The van der Waals surface area contributed by atoms with Crippen LogP contribution in [0.5, 0.6) is 11.5 Å². The van der Waals surface area contributed by atoms with Crippen LogP contribution in [0.4, 0.5) is 5.13 Å². The number of hydrogen-bond donors (Lipinski definition) is 1. The Labute approximate surface area is 205 Å². The van der Waals surface area contributed by atoms with E-state index in [1.807, 2.05) is 85.1 Å². The minimum Gasteiger partial charge on any atom is -0.490 e. The van der Waals surface area contributed by atoms with Crippen LogP contribution in [0.15, 0.2) is 83.3 Å². The van der Waals surface area contributed by atoms with E-state index in [0.29, 0.717) is 19.0 Å². The Morgan fingerprint density at radius 1 is 1.03 bits per heavy atom. The summed E-state index contributed by atoms with van der Waals surface area (Å²) in [5.74, 6) is 1.45. The summed E-state index contributed by atoms with van der Waals surface area (Å²) in [7, 11) is 0.